The maximum absolute atomic E-state index is 11.3. The molecule has 0 aliphatic carbocycles. The largest absolute Gasteiger partial charge is 0.497 e. The Kier molecular flexibility index (Phi) is 5.07. The van der Waals surface area contributed by atoms with Gasteiger partial charge in [0.2, 0.25) is 0 Å². The topological polar surface area (TPSA) is 59.0 Å². The highest BCUT2D eigenvalue weighted by atomic mass is 16.5. The molecule has 1 fully saturated rings. The summed E-state index contributed by atoms with van der Waals surface area (Å²) in [6.45, 7) is 3.60. The Balaban J connectivity index is 2.15. The molecule has 1 aromatic rings. The average molecular weight is 293 g/mol. The zero-order chi connectivity index (χ0) is 15.4. The number of nitrogens with zero attached hydrogens (tertiary/aromatic N) is 1. The number of hydrogen-bond donors (Lipinski definition) is 1. The van der Waals surface area contributed by atoms with Crippen molar-refractivity contribution in [3.8, 4) is 11.5 Å². The molecule has 0 spiro atoms. The maximum atomic E-state index is 11.3. The monoisotopic (exact) mass is 293 g/mol. The van der Waals surface area contributed by atoms with Crippen molar-refractivity contribution in [3.63, 3.8) is 0 Å². The van der Waals surface area contributed by atoms with E-state index in [0.717, 1.165) is 36.4 Å². The number of likely N-dealkylation sites (tertiary alicyclic amines) is 1. The first-order valence-corrected chi connectivity index (χ1v) is 7.24. The summed E-state index contributed by atoms with van der Waals surface area (Å²) in [5, 5.41) is 9.29. The van der Waals surface area contributed by atoms with Crippen molar-refractivity contribution in [1.82, 2.24) is 4.90 Å². The van der Waals surface area contributed by atoms with Gasteiger partial charge in [-0.05, 0) is 32.4 Å². The third kappa shape index (κ3) is 3.47. The van der Waals surface area contributed by atoms with Crippen LogP contribution >= 0.6 is 0 Å². The number of carboxylic acid groups (broad SMARTS) is 1. The summed E-state index contributed by atoms with van der Waals surface area (Å²) in [5.74, 6) is 0.543. The van der Waals surface area contributed by atoms with Crippen LogP contribution in [0.3, 0.4) is 0 Å². The molecule has 0 unspecified atom stereocenters. The lowest BCUT2D eigenvalue weighted by molar-refractivity contribution is -0.145. The molecule has 1 aliphatic rings. The molecule has 1 saturated heterocycles. The van der Waals surface area contributed by atoms with Crippen molar-refractivity contribution in [2.75, 3.05) is 20.8 Å². The molecule has 5 heteroatoms. The molecular weight excluding hydrogens is 270 g/mol. The third-order valence-electron chi connectivity index (χ3n) is 4.30. The van der Waals surface area contributed by atoms with Gasteiger partial charge in [0, 0.05) is 24.2 Å². The van der Waals surface area contributed by atoms with Crippen LogP contribution in [0.2, 0.25) is 0 Å². The molecule has 0 aromatic heterocycles. The van der Waals surface area contributed by atoms with Gasteiger partial charge in [-0.3, -0.25) is 9.69 Å². The number of hydrogen-bond acceptors (Lipinski definition) is 4. The predicted octanol–water partition coefficient (Wildman–Crippen LogP) is 2.39. The fraction of sp³-hybridized carbons (Fsp3) is 0.562. The summed E-state index contributed by atoms with van der Waals surface area (Å²) in [4.78, 5) is 13.5. The molecule has 116 valence electrons. The number of carboxylic acids is 1. The van der Waals surface area contributed by atoms with Gasteiger partial charge < -0.3 is 14.6 Å². The smallest absolute Gasteiger partial charge is 0.308 e. The zero-order valence-electron chi connectivity index (χ0n) is 12.8. The number of methoxy groups -OCH3 is 2. The van der Waals surface area contributed by atoms with E-state index in [4.69, 9.17) is 9.47 Å². The number of benzene rings is 1. The summed E-state index contributed by atoms with van der Waals surface area (Å²) < 4.78 is 10.6. The minimum atomic E-state index is -0.700. The second kappa shape index (κ2) is 6.80. The second-order valence-electron chi connectivity index (χ2n) is 5.48. The van der Waals surface area contributed by atoms with E-state index in [1.54, 1.807) is 14.2 Å². The first-order valence-electron chi connectivity index (χ1n) is 7.24. The highest BCUT2D eigenvalue weighted by Gasteiger charge is 2.33. The molecule has 1 aliphatic heterocycles. The van der Waals surface area contributed by atoms with Gasteiger partial charge in [0.1, 0.15) is 11.5 Å². The van der Waals surface area contributed by atoms with Crippen LogP contribution in [0.5, 0.6) is 11.5 Å². The first kappa shape index (κ1) is 15.6. The molecule has 1 heterocycles. The van der Waals surface area contributed by atoms with E-state index in [-0.39, 0.29) is 12.0 Å². The number of ether oxygens (including phenoxy) is 2. The van der Waals surface area contributed by atoms with E-state index in [2.05, 4.69) is 4.90 Å². The summed E-state index contributed by atoms with van der Waals surface area (Å²) in [6, 6.07) is 5.78. The average Bonchev–Trinajstić information content (AvgIpc) is 2.49. The third-order valence-corrected chi connectivity index (χ3v) is 4.30. The second-order valence-corrected chi connectivity index (χ2v) is 5.48. The lowest BCUT2D eigenvalue weighted by Crippen LogP contribution is -2.45. The molecule has 1 aromatic carbocycles. The molecular formula is C16H23NO4. The lowest BCUT2D eigenvalue weighted by atomic mass is 9.90. The normalized spacial score (nSPS) is 22.8. The quantitative estimate of drug-likeness (QED) is 0.903. The van der Waals surface area contributed by atoms with Gasteiger partial charge in [-0.15, -0.1) is 0 Å². The van der Waals surface area contributed by atoms with Crippen LogP contribution in [0.1, 0.15) is 25.3 Å². The van der Waals surface area contributed by atoms with E-state index < -0.39 is 5.97 Å². The van der Waals surface area contributed by atoms with Gasteiger partial charge in [0.25, 0.3) is 0 Å². The fourth-order valence-electron chi connectivity index (χ4n) is 2.97. The zero-order valence-corrected chi connectivity index (χ0v) is 12.8. The standard InChI is InChI=1S/C16H23NO4/c1-11-14(16(18)19)5-4-8-17(11)10-12-6-7-13(20-2)9-15(12)21-3/h6-7,9,11,14H,4-5,8,10H2,1-3H3,(H,18,19)/t11-,14-/m0/s1. The summed E-state index contributed by atoms with van der Waals surface area (Å²) in [6.07, 6.45) is 1.67. The van der Waals surface area contributed by atoms with E-state index in [1.807, 2.05) is 25.1 Å². The maximum Gasteiger partial charge on any atom is 0.308 e. The SMILES string of the molecule is COc1ccc(CN2CCC[C@H](C(=O)O)[C@@H]2C)c(OC)c1. The molecule has 5 nitrogen and oxygen atoms in total. The Morgan fingerprint density at radius 3 is 2.76 bits per heavy atom. The van der Waals surface area contributed by atoms with Crippen molar-refractivity contribution in [2.45, 2.75) is 32.4 Å². The minimum absolute atomic E-state index is 0.0306. The molecule has 21 heavy (non-hydrogen) atoms. The Morgan fingerprint density at radius 2 is 2.14 bits per heavy atom. The first-order chi connectivity index (χ1) is 10.1. The molecule has 1 N–H and O–H groups in total. The molecule has 0 amide bonds. The van der Waals surface area contributed by atoms with Gasteiger partial charge in [0.15, 0.2) is 0 Å². The van der Waals surface area contributed by atoms with Crippen LogP contribution < -0.4 is 9.47 Å². The van der Waals surface area contributed by atoms with Gasteiger partial charge in [-0.1, -0.05) is 6.07 Å². The van der Waals surface area contributed by atoms with Crippen LogP contribution in [0.25, 0.3) is 0 Å². The van der Waals surface area contributed by atoms with Crippen molar-refractivity contribution in [2.24, 2.45) is 5.92 Å². The van der Waals surface area contributed by atoms with Gasteiger partial charge in [0.05, 0.1) is 20.1 Å². The van der Waals surface area contributed by atoms with Crippen molar-refractivity contribution in [1.29, 1.82) is 0 Å². The van der Waals surface area contributed by atoms with E-state index in [0.29, 0.717) is 6.54 Å². The summed E-state index contributed by atoms with van der Waals surface area (Å²) in [7, 11) is 3.26. The highest BCUT2D eigenvalue weighted by Crippen LogP contribution is 2.30. The number of rotatable bonds is 5. The Bertz CT molecular complexity index is 503. The summed E-state index contributed by atoms with van der Waals surface area (Å²) >= 11 is 0. The predicted molar refractivity (Wildman–Crippen MR) is 79.8 cm³/mol. The fourth-order valence-corrected chi connectivity index (χ4v) is 2.97. The van der Waals surface area contributed by atoms with Crippen molar-refractivity contribution < 1.29 is 19.4 Å². The van der Waals surface area contributed by atoms with Crippen LogP contribution in [0, 0.1) is 5.92 Å². The number of piperidine rings is 1. The van der Waals surface area contributed by atoms with E-state index in [9.17, 15) is 9.90 Å². The van der Waals surface area contributed by atoms with Gasteiger partial charge >= 0.3 is 5.97 Å². The van der Waals surface area contributed by atoms with E-state index in [1.165, 1.54) is 0 Å². The lowest BCUT2D eigenvalue weighted by Gasteiger charge is -2.37. The molecule has 2 rings (SSSR count). The van der Waals surface area contributed by atoms with Gasteiger partial charge in [-0.25, -0.2) is 0 Å². The number of carbonyl (C=O) groups is 1. The molecule has 0 saturated carbocycles. The number of aliphatic carboxylic acids is 1. The van der Waals surface area contributed by atoms with Crippen LogP contribution in [0.15, 0.2) is 18.2 Å². The Morgan fingerprint density at radius 1 is 1.38 bits per heavy atom. The van der Waals surface area contributed by atoms with Crippen LogP contribution in [-0.4, -0.2) is 42.8 Å². The minimum Gasteiger partial charge on any atom is -0.497 e. The molecule has 0 bridgehead atoms. The Hall–Kier alpha value is -1.75. The Labute approximate surface area is 125 Å². The van der Waals surface area contributed by atoms with Crippen molar-refractivity contribution in [3.05, 3.63) is 23.8 Å². The van der Waals surface area contributed by atoms with Crippen LogP contribution in [0.4, 0.5) is 0 Å². The highest BCUT2D eigenvalue weighted by molar-refractivity contribution is 5.71. The van der Waals surface area contributed by atoms with Crippen molar-refractivity contribution >= 4 is 5.97 Å². The molecule has 2 atom stereocenters. The summed E-state index contributed by atoms with van der Waals surface area (Å²) in [5.41, 5.74) is 1.05. The van der Waals surface area contributed by atoms with Crippen LogP contribution in [-0.2, 0) is 11.3 Å². The van der Waals surface area contributed by atoms with E-state index >= 15 is 0 Å². The molecule has 0 radical (unpaired) electrons. The van der Waals surface area contributed by atoms with Gasteiger partial charge in [-0.2, -0.15) is 0 Å².